The number of hydrogen-bond donors (Lipinski definition) is 2. The van der Waals surface area contributed by atoms with Gasteiger partial charge in [-0.15, -0.1) is 0 Å². The summed E-state index contributed by atoms with van der Waals surface area (Å²) in [6.45, 7) is 2.79. The summed E-state index contributed by atoms with van der Waals surface area (Å²) in [5.74, 6) is 0.949. The number of aromatic nitrogens is 2. The van der Waals surface area contributed by atoms with Gasteiger partial charge in [-0.1, -0.05) is 0 Å². The van der Waals surface area contributed by atoms with Gasteiger partial charge in [-0.05, 0) is 25.4 Å². The first-order valence-corrected chi connectivity index (χ1v) is 5.23. The van der Waals surface area contributed by atoms with E-state index in [1.807, 2.05) is 7.05 Å². The van der Waals surface area contributed by atoms with Gasteiger partial charge in [0.05, 0.1) is 0 Å². The molecule has 1 fully saturated rings. The highest BCUT2D eigenvalue weighted by Gasteiger charge is 2.16. The Balaban J connectivity index is 1.84. The molecule has 0 radical (unpaired) electrons. The van der Waals surface area contributed by atoms with Crippen LogP contribution in [0.25, 0.3) is 0 Å². The maximum atomic E-state index is 11.7. The van der Waals surface area contributed by atoms with Crippen LogP contribution in [0.1, 0.15) is 17.0 Å². The van der Waals surface area contributed by atoms with E-state index >= 15 is 0 Å². The van der Waals surface area contributed by atoms with Crippen molar-refractivity contribution < 1.29 is 4.79 Å². The molecular weight excluding hydrogens is 192 g/mol. The van der Waals surface area contributed by atoms with Gasteiger partial charge in [0.15, 0.2) is 5.82 Å². The number of nitrogens with one attached hydrogen (secondary N) is 2. The Hall–Kier alpha value is -1.36. The molecule has 0 spiro atoms. The van der Waals surface area contributed by atoms with Crippen LogP contribution in [-0.4, -0.2) is 35.1 Å². The molecule has 1 amide bonds. The van der Waals surface area contributed by atoms with E-state index in [1.54, 1.807) is 17.0 Å². The predicted octanol–water partition coefficient (Wildman–Crippen LogP) is -0.241. The second kappa shape index (κ2) is 4.44. The fourth-order valence-electron chi connectivity index (χ4n) is 1.79. The molecule has 15 heavy (non-hydrogen) atoms. The Kier molecular flexibility index (Phi) is 3.01. The number of nitrogens with zero attached hydrogens (tertiary/aromatic N) is 2. The molecule has 2 rings (SSSR count). The molecule has 2 N–H and O–H groups in total. The topological polar surface area (TPSA) is 59.0 Å². The highest BCUT2D eigenvalue weighted by atomic mass is 16.2. The smallest absolute Gasteiger partial charge is 0.287 e. The predicted molar refractivity (Wildman–Crippen MR) is 56.5 cm³/mol. The number of carbonyl (C=O) groups is 1. The third-order valence-electron chi connectivity index (χ3n) is 2.74. The van der Waals surface area contributed by atoms with Crippen molar-refractivity contribution in [1.29, 1.82) is 0 Å². The summed E-state index contributed by atoms with van der Waals surface area (Å²) in [7, 11) is 1.82. The summed E-state index contributed by atoms with van der Waals surface area (Å²) in [6, 6.07) is 0. The molecule has 82 valence electrons. The molecule has 1 aromatic heterocycles. The molecular formula is C10H16N4O. The molecule has 5 nitrogen and oxygen atoms in total. The molecule has 1 aliphatic rings. The van der Waals surface area contributed by atoms with Gasteiger partial charge in [0.25, 0.3) is 5.91 Å². The summed E-state index contributed by atoms with van der Waals surface area (Å²) in [4.78, 5) is 15.7. The first-order chi connectivity index (χ1) is 7.27. The lowest BCUT2D eigenvalue weighted by atomic mass is 10.1. The number of carbonyl (C=O) groups excluding carboxylic acids is 1. The van der Waals surface area contributed by atoms with E-state index in [4.69, 9.17) is 0 Å². The van der Waals surface area contributed by atoms with Crippen LogP contribution >= 0.6 is 0 Å². The minimum absolute atomic E-state index is 0.0885. The van der Waals surface area contributed by atoms with Crippen molar-refractivity contribution in [2.24, 2.45) is 13.0 Å². The number of aryl methyl sites for hydroxylation is 1. The Morgan fingerprint density at radius 3 is 3.27 bits per heavy atom. The van der Waals surface area contributed by atoms with Gasteiger partial charge < -0.3 is 15.2 Å². The Bertz CT molecular complexity index is 341. The molecule has 0 aliphatic carbocycles. The Morgan fingerprint density at radius 2 is 2.67 bits per heavy atom. The second-order valence-electron chi connectivity index (χ2n) is 3.93. The molecule has 1 atom stereocenters. The standard InChI is InChI=1S/C10H16N4O/c1-14-5-4-12-9(14)10(15)13-7-8-2-3-11-6-8/h4-5,8,11H,2-3,6-7H2,1H3,(H,13,15). The van der Waals surface area contributed by atoms with E-state index in [0.717, 1.165) is 26.1 Å². The zero-order valence-electron chi connectivity index (χ0n) is 8.86. The van der Waals surface area contributed by atoms with Crippen LogP contribution in [0.4, 0.5) is 0 Å². The van der Waals surface area contributed by atoms with Crippen molar-refractivity contribution in [3.05, 3.63) is 18.2 Å². The van der Waals surface area contributed by atoms with Crippen molar-refractivity contribution in [2.45, 2.75) is 6.42 Å². The summed E-state index contributed by atoms with van der Waals surface area (Å²) in [5, 5.41) is 6.18. The van der Waals surface area contributed by atoms with Gasteiger partial charge in [-0.25, -0.2) is 4.98 Å². The minimum atomic E-state index is -0.0885. The summed E-state index contributed by atoms with van der Waals surface area (Å²) in [5.41, 5.74) is 0. The van der Waals surface area contributed by atoms with Crippen LogP contribution in [0, 0.1) is 5.92 Å². The van der Waals surface area contributed by atoms with Crippen LogP contribution < -0.4 is 10.6 Å². The molecule has 1 unspecified atom stereocenters. The first-order valence-electron chi connectivity index (χ1n) is 5.23. The number of hydrogen-bond acceptors (Lipinski definition) is 3. The number of rotatable bonds is 3. The van der Waals surface area contributed by atoms with E-state index in [-0.39, 0.29) is 5.91 Å². The SMILES string of the molecule is Cn1ccnc1C(=O)NCC1CCNC1. The summed E-state index contributed by atoms with van der Waals surface area (Å²) in [6.07, 6.45) is 4.54. The average molecular weight is 208 g/mol. The molecule has 2 heterocycles. The second-order valence-corrected chi connectivity index (χ2v) is 3.93. The highest BCUT2D eigenvalue weighted by Crippen LogP contribution is 2.05. The lowest BCUT2D eigenvalue weighted by Crippen LogP contribution is -2.31. The van der Waals surface area contributed by atoms with Gasteiger partial charge in [0.2, 0.25) is 0 Å². The molecule has 0 bridgehead atoms. The maximum Gasteiger partial charge on any atom is 0.287 e. The van der Waals surface area contributed by atoms with E-state index < -0.39 is 0 Å². The van der Waals surface area contributed by atoms with E-state index in [2.05, 4.69) is 15.6 Å². The monoisotopic (exact) mass is 208 g/mol. The summed E-state index contributed by atoms with van der Waals surface area (Å²) < 4.78 is 1.72. The zero-order chi connectivity index (χ0) is 10.7. The molecule has 1 saturated heterocycles. The minimum Gasteiger partial charge on any atom is -0.349 e. The largest absolute Gasteiger partial charge is 0.349 e. The van der Waals surface area contributed by atoms with E-state index in [9.17, 15) is 4.79 Å². The number of imidazole rings is 1. The van der Waals surface area contributed by atoms with Crippen LogP contribution in [0.5, 0.6) is 0 Å². The Labute approximate surface area is 88.9 Å². The first kappa shape index (κ1) is 10.2. The van der Waals surface area contributed by atoms with Gasteiger partial charge in [0, 0.05) is 26.0 Å². The lowest BCUT2D eigenvalue weighted by molar-refractivity contribution is 0.0934. The van der Waals surface area contributed by atoms with Crippen molar-refractivity contribution in [3.8, 4) is 0 Å². The third-order valence-corrected chi connectivity index (χ3v) is 2.74. The van der Waals surface area contributed by atoms with Gasteiger partial charge in [-0.2, -0.15) is 0 Å². The average Bonchev–Trinajstić information content (AvgIpc) is 2.84. The normalized spacial score (nSPS) is 20.5. The van der Waals surface area contributed by atoms with Crippen molar-refractivity contribution in [2.75, 3.05) is 19.6 Å². The molecule has 1 aromatic rings. The molecule has 0 saturated carbocycles. The van der Waals surface area contributed by atoms with E-state index in [0.29, 0.717) is 11.7 Å². The molecule has 1 aliphatic heterocycles. The zero-order valence-corrected chi connectivity index (χ0v) is 8.86. The molecule has 5 heteroatoms. The van der Waals surface area contributed by atoms with Gasteiger partial charge in [0.1, 0.15) is 0 Å². The van der Waals surface area contributed by atoms with Crippen LogP contribution in [0.15, 0.2) is 12.4 Å². The van der Waals surface area contributed by atoms with E-state index in [1.165, 1.54) is 0 Å². The third kappa shape index (κ3) is 2.36. The van der Waals surface area contributed by atoms with Crippen molar-refractivity contribution in [1.82, 2.24) is 20.2 Å². The summed E-state index contributed by atoms with van der Waals surface area (Å²) >= 11 is 0. The lowest BCUT2D eigenvalue weighted by Gasteiger charge is -2.09. The highest BCUT2D eigenvalue weighted by molar-refractivity contribution is 5.90. The van der Waals surface area contributed by atoms with Crippen LogP contribution in [0.2, 0.25) is 0 Å². The maximum absolute atomic E-state index is 11.7. The Morgan fingerprint density at radius 1 is 1.80 bits per heavy atom. The fourth-order valence-corrected chi connectivity index (χ4v) is 1.79. The van der Waals surface area contributed by atoms with Crippen molar-refractivity contribution in [3.63, 3.8) is 0 Å². The molecule has 0 aromatic carbocycles. The number of amides is 1. The fraction of sp³-hybridized carbons (Fsp3) is 0.600. The van der Waals surface area contributed by atoms with Gasteiger partial charge in [-0.3, -0.25) is 4.79 Å². The van der Waals surface area contributed by atoms with Crippen LogP contribution in [-0.2, 0) is 7.05 Å². The van der Waals surface area contributed by atoms with Gasteiger partial charge >= 0.3 is 0 Å². The van der Waals surface area contributed by atoms with Crippen LogP contribution in [0.3, 0.4) is 0 Å². The quantitative estimate of drug-likeness (QED) is 0.720. The van der Waals surface area contributed by atoms with Crippen molar-refractivity contribution >= 4 is 5.91 Å².